The van der Waals surface area contributed by atoms with Gasteiger partial charge in [0.2, 0.25) is 0 Å². The summed E-state index contributed by atoms with van der Waals surface area (Å²) < 4.78 is 38.5. The molecule has 5 nitrogen and oxygen atoms in total. The van der Waals surface area contributed by atoms with E-state index in [2.05, 4.69) is 5.32 Å². The van der Waals surface area contributed by atoms with Gasteiger partial charge in [0.1, 0.15) is 0 Å². The minimum Gasteiger partial charge on any atom is -0.379 e. The number of rotatable bonds is 4. The van der Waals surface area contributed by atoms with Crippen LogP contribution in [-0.2, 0) is 11.0 Å². The second kappa shape index (κ2) is 6.34. The van der Waals surface area contributed by atoms with Gasteiger partial charge in [0.15, 0.2) is 5.60 Å². The van der Waals surface area contributed by atoms with Crippen LogP contribution in [-0.4, -0.2) is 42.2 Å². The number of nitrogens with zero attached hydrogens (tertiary/aromatic N) is 2. The third kappa shape index (κ3) is 4.44. The quantitative estimate of drug-likeness (QED) is 0.889. The molecule has 0 aromatic heterocycles. The summed E-state index contributed by atoms with van der Waals surface area (Å²) in [5, 5.41) is 20.9. The van der Waals surface area contributed by atoms with E-state index in [1.54, 1.807) is 19.0 Å². The van der Waals surface area contributed by atoms with Crippen LogP contribution >= 0.6 is 0 Å². The van der Waals surface area contributed by atoms with Gasteiger partial charge in [0, 0.05) is 12.2 Å². The number of likely N-dealkylation sites (N-methyl/N-ethyl adjacent to an activating group) is 1. The number of anilines is 1. The largest absolute Gasteiger partial charge is 0.417 e. The molecule has 0 heterocycles. The highest BCUT2D eigenvalue weighted by molar-refractivity contribution is 5.97. The van der Waals surface area contributed by atoms with Crippen molar-refractivity contribution in [1.82, 2.24) is 4.90 Å². The number of nitriles is 1. The molecule has 0 spiro atoms. The Balaban J connectivity index is 3.05. The fourth-order valence-corrected chi connectivity index (χ4v) is 1.91. The molecule has 8 heteroatoms. The highest BCUT2D eigenvalue weighted by atomic mass is 19.4. The third-order valence-electron chi connectivity index (χ3n) is 2.82. The molecule has 120 valence electrons. The molecule has 0 saturated heterocycles. The Morgan fingerprint density at radius 1 is 1.41 bits per heavy atom. The maximum absolute atomic E-state index is 12.8. The number of carbonyl (C=O) groups excluding carboxylic acids is 1. The van der Waals surface area contributed by atoms with E-state index in [1.807, 2.05) is 0 Å². The van der Waals surface area contributed by atoms with Gasteiger partial charge in [-0.2, -0.15) is 18.4 Å². The topological polar surface area (TPSA) is 76.4 Å². The van der Waals surface area contributed by atoms with Crippen molar-refractivity contribution in [3.63, 3.8) is 0 Å². The van der Waals surface area contributed by atoms with Crippen LogP contribution in [0.5, 0.6) is 0 Å². The molecular weight excluding hydrogens is 298 g/mol. The smallest absolute Gasteiger partial charge is 0.379 e. The minimum absolute atomic E-state index is 0.00123. The molecule has 0 aliphatic rings. The Labute approximate surface area is 126 Å². The van der Waals surface area contributed by atoms with Crippen LogP contribution in [0, 0.1) is 11.3 Å². The number of hydrogen-bond acceptors (Lipinski definition) is 4. The van der Waals surface area contributed by atoms with E-state index in [4.69, 9.17) is 5.26 Å². The van der Waals surface area contributed by atoms with E-state index in [0.29, 0.717) is 6.07 Å². The van der Waals surface area contributed by atoms with Crippen molar-refractivity contribution in [2.24, 2.45) is 0 Å². The van der Waals surface area contributed by atoms with Crippen LogP contribution in [0.3, 0.4) is 0 Å². The summed E-state index contributed by atoms with van der Waals surface area (Å²) in [4.78, 5) is 13.5. The zero-order valence-electron chi connectivity index (χ0n) is 12.3. The molecule has 0 aliphatic carbocycles. The lowest BCUT2D eigenvalue weighted by Gasteiger charge is -2.25. The van der Waals surface area contributed by atoms with Crippen molar-refractivity contribution in [3.05, 3.63) is 29.3 Å². The molecule has 1 rings (SSSR count). The number of carbonyl (C=O) groups is 1. The van der Waals surface area contributed by atoms with E-state index in [-0.39, 0.29) is 12.2 Å². The zero-order chi connectivity index (χ0) is 17.1. The fraction of sp³-hybridized carbons (Fsp3) is 0.429. The predicted octanol–water partition coefficient (Wildman–Crippen LogP) is 1.83. The second-order valence-electron chi connectivity index (χ2n) is 5.34. The lowest BCUT2D eigenvalue weighted by Crippen LogP contribution is -2.47. The van der Waals surface area contributed by atoms with Gasteiger partial charge in [-0.3, -0.25) is 4.79 Å². The van der Waals surface area contributed by atoms with E-state index in [0.717, 1.165) is 6.07 Å². The summed E-state index contributed by atoms with van der Waals surface area (Å²) in [7, 11) is 3.29. The van der Waals surface area contributed by atoms with E-state index < -0.39 is 28.8 Å². The average Bonchev–Trinajstić information content (AvgIpc) is 2.36. The van der Waals surface area contributed by atoms with Crippen LogP contribution < -0.4 is 5.32 Å². The van der Waals surface area contributed by atoms with Crippen molar-refractivity contribution >= 4 is 11.6 Å². The van der Waals surface area contributed by atoms with Gasteiger partial charge < -0.3 is 15.3 Å². The molecule has 1 aromatic rings. The minimum atomic E-state index is -4.71. The fourth-order valence-electron chi connectivity index (χ4n) is 1.91. The Morgan fingerprint density at radius 3 is 2.45 bits per heavy atom. The zero-order valence-corrected chi connectivity index (χ0v) is 12.3. The predicted molar refractivity (Wildman–Crippen MR) is 74.0 cm³/mol. The number of nitrogens with one attached hydrogen (secondary N) is 1. The number of aliphatic hydroxyl groups is 1. The van der Waals surface area contributed by atoms with Crippen LogP contribution in [0.2, 0.25) is 0 Å². The molecular formula is C14H16F3N3O2. The Morgan fingerprint density at radius 2 is 2.00 bits per heavy atom. The van der Waals surface area contributed by atoms with Crippen molar-refractivity contribution < 1.29 is 23.1 Å². The number of benzene rings is 1. The van der Waals surface area contributed by atoms with Gasteiger partial charge in [-0.05, 0) is 39.2 Å². The Kier molecular flexibility index (Phi) is 5.17. The summed E-state index contributed by atoms with van der Waals surface area (Å²) >= 11 is 0. The molecule has 0 aliphatic heterocycles. The summed E-state index contributed by atoms with van der Waals surface area (Å²) in [6.45, 7) is 1.26. The maximum Gasteiger partial charge on any atom is 0.417 e. The first-order valence-corrected chi connectivity index (χ1v) is 6.27. The van der Waals surface area contributed by atoms with Gasteiger partial charge >= 0.3 is 6.18 Å². The van der Waals surface area contributed by atoms with E-state index in [9.17, 15) is 23.1 Å². The SMILES string of the molecule is CN([11CH3])C[C@](C)(O)C(=O)Nc1ccc(C#N)c(C(F)(F)F)c1. The lowest BCUT2D eigenvalue weighted by atomic mass is 10.0. The van der Waals surface area contributed by atoms with Gasteiger partial charge in [-0.15, -0.1) is 0 Å². The Bertz CT molecular complexity index is 604. The molecule has 2 N–H and O–H groups in total. The monoisotopic (exact) mass is 314 g/mol. The van der Waals surface area contributed by atoms with Gasteiger partial charge in [-0.1, -0.05) is 0 Å². The second-order valence-corrected chi connectivity index (χ2v) is 5.34. The first-order valence-electron chi connectivity index (χ1n) is 6.27. The Hall–Kier alpha value is -2.11. The van der Waals surface area contributed by atoms with Gasteiger partial charge in [-0.25, -0.2) is 0 Å². The van der Waals surface area contributed by atoms with Crippen molar-refractivity contribution in [2.45, 2.75) is 18.7 Å². The standard InChI is InChI=1S/C14H16F3N3O2/c1-13(22,8-20(2)3)12(21)19-10-5-4-9(7-18)11(6-10)14(15,16)17/h4-6,22H,8H2,1-3H3,(H,19,21)/t13-/m0/s1/i2-1. The van der Waals surface area contributed by atoms with Gasteiger partial charge in [0.25, 0.3) is 5.91 Å². The van der Waals surface area contributed by atoms with E-state index in [1.165, 1.54) is 19.1 Å². The molecule has 1 atom stereocenters. The molecule has 0 saturated carbocycles. The lowest BCUT2D eigenvalue weighted by molar-refractivity contribution is -0.138. The van der Waals surface area contributed by atoms with E-state index >= 15 is 0 Å². The summed E-state index contributed by atoms with van der Waals surface area (Å²) in [6, 6.07) is 4.27. The van der Waals surface area contributed by atoms with Crippen molar-refractivity contribution in [1.29, 1.82) is 5.26 Å². The highest BCUT2D eigenvalue weighted by Gasteiger charge is 2.35. The molecule has 22 heavy (non-hydrogen) atoms. The molecule has 0 radical (unpaired) electrons. The van der Waals surface area contributed by atoms with Crippen LogP contribution in [0.1, 0.15) is 18.1 Å². The summed E-state index contributed by atoms with van der Waals surface area (Å²) in [5.74, 6) is -0.834. The number of hydrogen-bond donors (Lipinski definition) is 2. The summed E-state index contributed by atoms with van der Waals surface area (Å²) in [6.07, 6.45) is -4.71. The number of amides is 1. The van der Waals surface area contributed by atoms with Crippen molar-refractivity contribution in [3.8, 4) is 6.07 Å². The van der Waals surface area contributed by atoms with Crippen molar-refractivity contribution in [2.75, 3.05) is 26.0 Å². The third-order valence-corrected chi connectivity index (χ3v) is 2.82. The summed E-state index contributed by atoms with van der Waals surface area (Å²) in [5.41, 5.74) is -3.59. The van der Waals surface area contributed by atoms with Crippen LogP contribution in [0.25, 0.3) is 0 Å². The molecule has 0 unspecified atom stereocenters. The molecule has 1 aromatic carbocycles. The van der Waals surface area contributed by atoms with Crippen LogP contribution in [0.4, 0.5) is 18.9 Å². The van der Waals surface area contributed by atoms with Crippen LogP contribution in [0.15, 0.2) is 18.2 Å². The number of alkyl halides is 3. The highest BCUT2D eigenvalue weighted by Crippen LogP contribution is 2.33. The molecule has 0 bridgehead atoms. The normalized spacial score (nSPS) is 14.3. The maximum atomic E-state index is 12.8. The average molecular weight is 314 g/mol. The first kappa shape index (κ1) is 17.9. The van der Waals surface area contributed by atoms with Gasteiger partial charge in [0.05, 0.1) is 17.2 Å². The molecule has 1 amide bonds. The number of halogens is 3. The first-order chi connectivity index (χ1) is 9.97. The molecule has 0 fully saturated rings.